The van der Waals surface area contributed by atoms with Gasteiger partial charge in [0.15, 0.2) is 0 Å². The van der Waals surface area contributed by atoms with Crippen molar-refractivity contribution >= 4 is 23.4 Å². The molecule has 0 radical (unpaired) electrons. The molecular weight excluding hydrogens is 290 g/mol. The van der Waals surface area contributed by atoms with Gasteiger partial charge in [0, 0.05) is 38.3 Å². The fourth-order valence-corrected chi connectivity index (χ4v) is 3.26. The third-order valence-electron chi connectivity index (χ3n) is 4.19. The third-order valence-corrected chi connectivity index (χ3v) is 4.39. The van der Waals surface area contributed by atoms with Crippen LogP contribution < -0.4 is 11.1 Å². The number of nitrogen functional groups attached to an aromatic ring is 1. The Morgan fingerprint density at radius 3 is 2.81 bits per heavy atom. The van der Waals surface area contributed by atoms with Crippen LogP contribution in [0, 0.1) is 5.92 Å². The number of rotatable bonds is 4. The summed E-state index contributed by atoms with van der Waals surface area (Å²) in [6.45, 7) is 5.25. The second-order valence-electron chi connectivity index (χ2n) is 5.88. The smallest absolute Gasteiger partial charge is 0.223 e. The van der Waals surface area contributed by atoms with E-state index in [1.54, 1.807) is 6.07 Å². The summed E-state index contributed by atoms with van der Waals surface area (Å²) < 4.78 is 5.44. The first-order valence-electron chi connectivity index (χ1n) is 7.56. The number of nitrogens with one attached hydrogen (secondary N) is 1. The molecule has 3 heterocycles. The molecule has 2 aliphatic heterocycles. The molecule has 1 unspecified atom stereocenters. The van der Waals surface area contributed by atoms with Crippen LogP contribution in [-0.2, 0) is 4.74 Å². The molecule has 2 fully saturated rings. The summed E-state index contributed by atoms with van der Waals surface area (Å²) in [4.78, 5) is 10.6. The van der Waals surface area contributed by atoms with E-state index in [9.17, 15) is 0 Å². The number of ether oxygens (including phenoxy) is 1. The van der Waals surface area contributed by atoms with E-state index in [4.69, 9.17) is 22.1 Å². The molecule has 7 heteroatoms. The molecule has 0 spiro atoms. The Bertz CT molecular complexity index is 452. The van der Waals surface area contributed by atoms with Crippen LogP contribution in [0.2, 0.25) is 5.15 Å². The molecule has 1 aromatic heterocycles. The van der Waals surface area contributed by atoms with Crippen LogP contribution in [0.15, 0.2) is 6.07 Å². The Balaban J connectivity index is 1.46. The molecule has 0 aromatic carbocycles. The molecule has 1 atom stereocenters. The SMILES string of the molecule is Nc1nc(Cl)cc(NC2CCN(CC3CCOC3)CC2)n1. The summed E-state index contributed by atoms with van der Waals surface area (Å²) in [7, 11) is 0. The highest BCUT2D eigenvalue weighted by Gasteiger charge is 2.24. The zero-order valence-electron chi connectivity index (χ0n) is 12.1. The highest BCUT2D eigenvalue weighted by Crippen LogP contribution is 2.20. The van der Waals surface area contributed by atoms with Crippen LogP contribution >= 0.6 is 11.6 Å². The lowest BCUT2D eigenvalue weighted by atomic mass is 10.0. The summed E-state index contributed by atoms with van der Waals surface area (Å²) in [5, 5.41) is 3.79. The normalized spacial score (nSPS) is 24.3. The Hall–Kier alpha value is -1.11. The molecule has 3 N–H and O–H groups in total. The maximum Gasteiger partial charge on any atom is 0.223 e. The molecule has 116 valence electrons. The zero-order chi connectivity index (χ0) is 14.7. The maximum atomic E-state index is 5.89. The standard InChI is InChI=1S/C14H22ClN5O/c15-12-7-13(19-14(16)18-12)17-11-1-4-20(5-2-11)8-10-3-6-21-9-10/h7,10-11H,1-6,8-9H2,(H3,16,17,18,19). The Morgan fingerprint density at radius 1 is 1.33 bits per heavy atom. The number of nitrogens with zero attached hydrogens (tertiary/aromatic N) is 3. The Labute approximate surface area is 130 Å². The molecule has 0 amide bonds. The van der Waals surface area contributed by atoms with E-state index >= 15 is 0 Å². The summed E-state index contributed by atoms with van der Waals surface area (Å²) in [6, 6.07) is 2.15. The molecule has 3 rings (SSSR count). The number of aromatic nitrogens is 2. The lowest BCUT2D eigenvalue weighted by Gasteiger charge is -2.33. The van der Waals surface area contributed by atoms with Crippen LogP contribution in [0.25, 0.3) is 0 Å². The maximum absolute atomic E-state index is 5.89. The van der Waals surface area contributed by atoms with Crippen molar-refractivity contribution in [3.8, 4) is 0 Å². The van der Waals surface area contributed by atoms with Crippen molar-refractivity contribution in [2.24, 2.45) is 5.92 Å². The minimum absolute atomic E-state index is 0.212. The molecular formula is C14H22ClN5O. The van der Waals surface area contributed by atoms with Gasteiger partial charge in [0.1, 0.15) is 11.0 Å². The van der Waals surface area contributed by atoms with Crippen LogP contribution in [0.5, 0.6) is 0 Å². The van der Waals surface area contributed by atoms with Crippen LogP contribution in [0.1, 0.15) is 19.3 Å². The van der Waals surface area contributed by atoms with Gasteiger partial charge in [-0.3, -0.25) is 0 Å². The largest absolute Gasteiger partial charge is 0.381 e. The van der Waals surface area contributed by atoms with Crippen molar-refractivity contribution in [3.63, 3.8) is 0 Å². The minimum atomic E-state index is 0.212. The highest BCUT2D eigenvalue weighted by molar-refractivity contribution is 6.29. The van der Waals surface area contributed by atoms with Crippen molar-refractivity contribution < 1.29 is 4.74 Å². The summed E-state index contributed by atoms with van der Waals surface area (Å²) in [5.41, 5.74) is 5.61. The first-order valence-corrected chi connectivity index (χ1v) is 7.93. The number of likely N-dealkylation sites (tertiary alicyclic amines) is 1. The molecule has 21 heavy (non-hydrogen) atoms. The minimum Gasteiger partial charge on any atom is -0.381 e. The van der Waals surface area contributed by atoms with E-state index in [0.717, 1.165) is 50.9 Å². The van der Waals surface area contributed by atoms with Crippen molar-refractivity contribution in [2.45, 2.75) is 25.3 Å². The molecule has 2 aliphatic rings. The third kappa shape index (κ3) is 4.18. The summed E-state index contributed by atoms with van der Waals surface area (Å²) in [5.74, 6) is 1.65. The fraction of sp³-hybridized carbons (Fsp3) is 0.714. The van der Waals surface area contributed by atoms with Gasteiger partial charge in [-0.05, 0) is 25.2 Å². The predicted octanol–water partition coefficient (Wildman–Crippen LogP) is 1.62. The number of piperidine rings is 1. The van der Waals surface area contributed by atoms with Gasteiger partial charge in [-0.2, -0.15) is 4.98 Å². The number of nitrogens with two attached hydrogens (primary N) is 1. The van der Waals surface area contributed by atoms with Crippen molar-refractivity contribution in [3.05, 3.63) is 11.2 Å². The van der Waals surface area contributed by atoms with E-state index in [-0.39, 0.29) is 5.95 Å². The van der Waals surface area contributed by atoms with Gasteiger partial charge in [0.2, 0.25) is 5.95 Å². The zero-order valence-corrected chi connectivity index (χ0v) is 12.9. The Kier molecular flexibility index (Phi) is 4.77. The van der Waals surface area contributed by atoms with E-state index in [2.05, 4.69) is 20.2 Å². The monoisotopic (exact) mass is 311 g/mol. The predicted molar refractivity (Wildman–Crippen MR) is 83.5 cm³/mol. The van der Waals surface area contributed by atoms with Crippen molar-refractivity contribution in [2.75, 3.05) is 43.9 Å². The van der Waals surface area contributed by atoms with Gasteiger partial charge >= 0.3 is 0 Å². The lowest BCUT2D eigenvalue weighted by molar-refractivity contribution is 0.154. The van der Waals surface area contributed by atoms with Gasteiger partial charge in [0.05, 0.1) is 6.61 Å². The van der Waals surface area contributed by atoms with Crippen molar-refractivity contribution in [1.82, 2.24) is 14.9 Å². The molecule has 1 aromatic rings. The first kappa shape index (κ1) is 14.8. The van der Waals surface area contributed by atoms with Crippen molar-refractivity contribution in [1.29, 1.82) is 0 Å². The fourth-order valence-electron chi connectivity index (χ4n) is 3.07. The van der Waals surface area contributed by atoms with E-state index < -0.39 is 0 Å². The van der Waals surface area contributed by atoms with Gasteiger partial charge in [-0.25, -0.2) is 4.98 Å². The topological polar surface area (TPSA) is 76.3 Å². The number of anilines is 2. The van der Waals surface area contributed by atoms with Gasteiger partial charge in [-0.15, -0.1) is 0 Å². The number of hydrogen-bond donors (Lipinski definition) is 2. The summed E-state index contributed by atoms with van der Waals surface area (Å²) >= 11 is 5.89. The first-order chi connectivity index (χ1) is 10.2. The van der Waals surface area contributed by atoms with Gasteiger partial charge in [0.25, 0.3) is 0 Å². The van der Waals surface area contributed by atoms with E-state index in [0.29, 0.717) is 11.2 Å². The van der Waals surface area contributed by atoms with Gasteiger partial charge < -0.3 is 20.7 Å². The molecule has 0 saturated carbocycles. The number of halogens is 1. The Morgan fingerprint density at radius 2 is 2.14 bits per heavy atom. The molecule has 0 aliphatic carbocycles. The quantitative estimate of drug-likeness (QED) is 0.823. The second kappa shape index (κ2) is 6.77. The van der Waals surface area contributed by atoms with Crippen LogP contribution in [-0.4, -0.2) is 53.8 Å². The van der Waals surface area contributed by atoms with Crippen LogP contribution in [0.3, 0.4) is 0 Å². The molecule has 6 nitrogen and oxygen atoms in total. The second-order valence-corrected chi connectivity index (χ2v) is 6.27. The van der Waals surface area contributed by atoms with Gasteiger partial charge in [-0.1, -0.05) is 11.6 Å². The highest BCUT2D eigenvalue weighted by atomic mass is 35.5. The lowest BCUT2D eigenvalue weighted by Crippen LogP contribution is -2.41. The molecule has 0 bridgehead atoms. The van der Waals surface area contributed by atoms with Crippen LogP contribution in [0.4, 0.5) is 11.8 Å². The van der Waals surface area contributed by atoms with E-state index in [1.165, 1.54) is 13.0 Å². The summed E-state index contributed by atoms with van der Waals surface area (Å²) in [6.07, 6.45) is 3.42. The average Bonchev–Trinajstić information content (AvgIpc) is 2.93. The molecule has 2 saturated heterocycles. The number of hydrogen-bond acceptors (Lipinski definition) is 6. The average molecular weight is 312 g/mol. The van der Waals surface area contributed by atoms with E-state index in [1.807, 2.05) is 0 Å².